The van der Waals surface area contributed by atoms with Crippen LogP contribution >= 0.6 is 22.9 Å². The average molecular weight is 471 g/mol. The Kier molecular flexibility index (Phi) is 7.32. The second-order valence-electron chi connectivity index (χ2n) is 7.08. The first-order valence-corrected chi connectivity index (χ1v) is 12.7. The van der Waals surface area contributed by atoms with Gasteiger partial charge < -0.3 is 15.1 Å². The van der Waals surface area contributed by atoms with Gasteiger partial charge in [-0.05, 0) is 30.7 Å². The molecule has 0 aliphatic carbocycles. The number of halogens is 1. The highest BCUT2D eigenvalue weighted by molar-refractivity contribution is 7.90. The Labute approximate surface area is 184 Å². The van der Waals surface area contributed by atoms with Crippen LogP contribution in [-0.4, -0.2) is 74.3 Å². The summed E-state index contributed by atoms with van der Waals surface area (Å²) < 4.78 is 23.3. The molecule has 0 unspecified atom stereocenters. The van der Waals surface area contributed by atoms with Crippen molar-refractivity contribution in [1.29, 1.82) is 0 Å². The van der Waals surface area contributed by atoms with Crippen LogP contribution < -0.4 is 10.2 Å². The number of nitrogens with one attached hydrogen (secondary N) is 1. The summed E-state index contributed by atoms with van der Waals surface area (Å²) in [4.78, 5) is 33.7. The van der Waals surface area contributed by atoms with Crippen LogP contribution in [0.5, 0.6) is 0 Å². The highest BCUT2D eigenvalue weighted by Gasteiger charge is 2.30. The minimum atomic E-state index is -3.28. The second kappa shape index (κ2) is 9.76. The molecule has 1 aliphatic rings. The molecule has 1 aromatic carbocycles. The van der Waals surface area contributed by atoms with Crippen molar-refractivity contribution in [3.8, 4) is 0 Å². The van der Waals surface area contributed by atoms with E-state index in [9.17, 15) is 18.0 Å². The molecule has 1 N–H and O–H groups in total. The van der Waals surface area contributed by atoms with Crippen molar-refractivity contribution in [2.75, 3.05) is 43.1 Å². The van der Waals surface area contributed by atoms with E-state index in [1.165, 1.54) is 0 Å². The van der Waals surface area contributed by atoms with Crippen molar-refractivity contribution >= 4 is 49.7 Å². The number of aromatic nitrogens is 1. The number of piperazine rings is 1. The molecule has 30 heavy (non-hydrogen) atoms. The molecule has 8 nitrogen and oxygen atoms in total. The number of anilines is 1. The number of hydrogen-bond donors (Lipinski definition) is 1. The van der Waals surface area contributed by atoms with Gasteiger partial charge in [0.05, 0.1) is 5.75 Å². The summed E-state index contributed by atoms with van der Waals surface area (Å²) in [6, 6.07) is 5.36. The maximum Gasteiger partial charge on any atom is 0.251 e. The molecular weight excluding hydrogens is 448 g/mol. The summed E-state index contributed by atoms with van der Waals surface area (Å²) >= 11 is 7.40. The largest absolute Gasteiger partial charge is 0.345 e. The van der Waals surface area contributed by atoms with E-state index in [4.69, 9.17) is 11.6 Å². The van der Waals surface area contributed by atoms with E-state index in [1.807, 2.05) is 5.38 Å². The summed E-state index contributed by atoms with van der Waals surface area (Å²) in [6.45, 7) is 2.21. The Morgan fingerprint density at radius 2 is 1.87 bits per heavy atom. The molecule has 1 fully saturated rings. The molecule has 11 heteroatoms. The van der Waals surface area contributed by atoms with Crippen molar-refractivity contribution < 1.29 is 18.0 Å². The Morgan fingerprint density at radius 1 is 1.20 bits per heavy atom. The summed E-state index contributed by atoms with van der Waals surface area (Å²) in [6.07, 6.45) is 2.87. The topological polar surface area (TPSA) is 99.7 Å². The molecule has 0 saturated carbocycles. The predicted molar refractivity (Wildman–Crippen MR) is 118 cm³/mol. The van der Waals surface area contributed by atoms with E-state index in [0.29, 0.717) is 36.8 Å². The van der Waals surface area contributed by atoms with Crippen molar-refractivity contribution in [2.45, 2.75) is 12.5 Å². The zero-order valence-corrected chi connectivity index (χ0v) is 18.8. The number of amides is 2. The Bertz CT molecular complexity index is 972. The van der Waals surface area contributed by atoms with Crippen molar-refractivity contribution in [2.24, 2.45) is 0 Å². The molecule has 1 saturated heterocycles. The first kappa shape index (κ1) is 22.5. The molecule has 0 spiro atoms. The van der Waals surface area contributed by atoms with Gasteiger partial charge in [-0.1, -0.05) is 11.6 Å². The van der Waals surface area contributed by atoms with Crippen LogP contribution in [0.1, 0.15) is 16.8 Å². The zero-order valence-electron chi connectivity index (χ0n) is 16.5. The third kappa shape index (κ3) is 6.16. The van der Waals surface area contributed by atoms with E-state index in [-0.39, 0.29) is 18.1 Å². The fourth-order valence-corrected chi connectivity index (χ4v) is 4.63. The number of rotatable bonds is 7. The first-order chi connectivity index (χ1) is 14.2. The molecule has 2 amide bonds. The van der Waals surface area contributed by atoms with E-state index in [2.05, 4.69) is 15.2 Å². The predicted octanol–water partition coefficient (Wildman–Crippen LogP) is 1.68. The van der Waals surface area contributed by atoms with Crippen LogP contribution in [0.2, 0.25) is 5.02 Å². The highest BCUT2D eigenvalue weighted by atomic mass is 35.5. The monoisotopic (exact) mass is 470 g/mol. The highest BCUT2D eigenvalue weighted by Crippen LogP contribution is 2.19. The number of hydrogen-bond acceptors (Lipinski definition) is 7. The number of nitrogens with zero attached hydrogens (tertiary/aromatic N) is 3. The lowest BCUT2D eigenvalue weighted by Crippen LogP contribution is -2.55. The fraction of sp³-hybridized carbons (Fsp3) is 0.421. The lowest BCUT2D eigenvalue weighted by molar-refractivity contribution is -0.133. The number of carbonyl (C=O) groups excluding carboxylic acids is 2. The quantitative estimate of drug-likeness (QED) is 0.660. The van der Waals surface area contributed by atoms with Gasteiger partial charge in [-0.25, -0.2) is 13.4 Å². The van der Waals surface area contributed by atoms with Crippen molar-refractivity contribution in [3.05, 3.63) is 46.4 Å². The average Bonchev–Trinajstić information content (AvgIpc) is 3.25. The van der Waals surface area contributed by atoms with Gasteiger partial charge in [-0.2, -0.15) is 0 Å². The van der Waals surface area contributed by atoms with E-state index in [1.54, 1.807) is 46.7 Å². The third-order valence-corrected chi connectivity index (χ3v) is 6.83. The van der Waals surface area contributed by atoms with E-state index >= 15 is 0 Å². The standard InChI is InChI=1S/C19H23ClN4O4S2/c1-30(27,28)13-6-16(22-17(25)14-2-4-15(20)5-3-14)18(26)23-8-10-24(11-9-23)19-21-7-12-29-19/h2-5,7,12,16H,6,8-11,13H2,1H3,(H,22,25)/t16-/m0/s1. The zero-order chi connectivity index (χ0) is 21.7. The van der Waals surface area contributed by atoms with Crippen LogP contribution in [0, 0.1) is 0 Å². The number of benzene rings is 1. The van der Waals surface area contributed by atoms with Crippen LogP contribution in [0.15, 0.2) is 35.8 Å². The molecule has 2 aromatic rings. The maximum atomic E-state index is 13.1. The summed E-state index contributed by atoms with van der Waals surface area (Å²) in [7, 11) is -3.28. The van der Waals surface area contributed by atoms with Gasteiger partial charge in [0.2, 0.25) is 5.91 Å². The summed E-state index contributed by atoms with van der Waals surface area (Å²) in [5.41, 5.74) is 0.352. The van der Waals surface area contributed by atoms with Gasteiger partial charge >= 0.3 is 0 Å². The van der Waals surface area contributed by atoms with Gasteiger partial charge in [0, 0.05) is 54.6 Å². The van der Waals surface area contributed by atoms with Gasteiger partial charge in [0.25, 0.3) is 5.91 Å². The van der Waals surface area contributed by atoms with Crippen LogP contribution in [-0.2, 0) is 14.6 Å². The Balaban J connectivity index is 1.67. The smallest absolute Gasteiger partial charge is 0.251 e. The normalized spacial score (nSPS) is 15.7. The minimum Gasteiger partial charge on any atom is -0.345 e. The van der Waals surface area contributed by atoms with Crippen LogP contribution in [0.3, 0.4) is 0 Å². The van der Waals surface area contributed by atoms with Crippen LogP contribution in [0.25, 0.3) is 0 Å². The van der Waals surface area contributed by atoms with E-state index in [0.717, 1.165) is 11.4 Å². The molecule has 162 valence electrons. The molecule has 1 aromatic heterocycles. The van der Waals surface area contributed by atoms with Crippen LogP contribution in [0.4, 0.5) is 5.13 Å². The Morgan fingerprint density at radius 3 is 2.43 bits per heavy atom. The molecule has 2 heterocycles. The second-order valence-corrected chi connectivity index (χ2v) is 10.6. The number of thiazole rings is 1. The molecule has 3 rings (SSSR count). The fourth-order valence-electron chi connectivity index (χ4n) is 3.14. The molecule has 1 aliphatic heterocycles. The SMILES string of the molecule is CS(=O)(=O)CC[C@H](NC(=O)c1ccc(Cl)cc1)C(=O)N1CCN(c2nccs2)CC1. The van der Waals surface area contributed by atoms with Gasteiger partial charge in [0.15, 0.2) is 5.13 Å². The molecular formula is C19H23ClN4O4S2. The number of carbonyl (C=O) groups is 2. The molecule has 0 bridgehead atoms. The number of sulfone groups is 1. The summed E-state index contributed by atoms with van der Waals surface area (Å²) in [5, 5.41) is 6.01. The summed E-state index contributed by atoms with van der Waals surface area (Å²) in [5.74, 6) is -0.914. The van der Waals surface area contributed by atoms with Crippen molar-refractivity contribution in [1.82, 2.24) is 15.2 Å². The van der Waals surface area contributed by atoms with E-state index < -0.39 is 21.8 Å². The van der Waals surface area contributed by atoms with Gasteiger partial charge in [0.1, 0.15) is 15.9 Å². The van der Waals surface area contributed by atoms with Gasteiger partial charge in [-0.15, -0.1) is 11.3 Å². The molecule has 0 radical (unpaired) electrons. The Hall–Kier alpha value is -2.17. The molecule has 1 atom stereocenters. The first-order valence-electron chi connectivity index (χ1n) is 9.40. The minimum absolute atomic E-state index is 0.0176. The lowest BCUT2D eigenvalue weighted by Gasteiger charge is -2.36. The third-order valence-electron chi connectivity index (χ3n) is 4.77. The lowest BCUT2D eigenvalue weighted by atomic mass is 10.1. The van der Waals surface area contributed by atoms with Crippen molar-refractivity contribution in [3.63, 3.8) is 0 Å². The maximum absolute atomic E-state index is 13.1. The van der Waals surface area contributed by atoms with Gasteiger partial charge in [-0.3, -0.25) is 9.59 Å².